The van der Waals surface area contributed by atoms with Gasteiger partial charge in [-0.15, -0.1) is 0 Å². The Kier molecular flexibility index (Phi) is 5.74. The maximum Gasteiger partial charge on any atom is 0.313 e. The number of piperidine rings is 1. The summed E-state index contributed by atoms with van der Waals surface area (Å²) in [5.74, 6) is -2.06. The van der Waals surface area contributed by atoms with Crippen molar-refractivity contribution >= 4 is 23.4 Å². The standard InChI is InChI=1S/C22H22N6O3/c23-20(29)16-10-17(12-24-11-16)26-21(30)22(31)28-13-15(18-8-9-25-27-18)6-7-19(28)14-4-2-1-3-5-14/h1-5,8-12,15,19H,6-7,13H2,(H2,23,29)(H,25,27)(H,26,30)/t15-,19+/m0/s1. The number of nitrogens with two attached hydrogens (primary N) is 1. The van der Waals surface area contributed by atoms with Gasteiger partial charge in [-0.05, 0) is 30.5 Å². The van der Waals surface area contributed by atoms with Crippen molar-refractivity contribution in [2.45, 2.75) is 24.8 Å². The number of carbonyl (C=O) groups is 3. The molecule has 1 aliphatic rings. The summed E-state index contributed by atoms with van der Waals surface area (Å²) in [7, 11) is 0. The number of nitrogens with one attached hydrogen (secondary N) is 2. The van der Waals surface area contributed by atoms with Crippen LogP contribution in [0.1, 0.15) is 46.4 Å². The monoisotopic (exact) mass is 418 g/mol. The van der Waals surface area contributed by atoms with Crippen molar-refractivity contribution in [2.75, 3.05) is 11.9 Å². The molecule has 1 aromatic carbocycles. The summed E-state index contributed by atoms with van der Waals surface area (Å²) in [6.07, 6.45) is 5.90. The second kappa shape index (κ2) is 8.78. The molecule has 1 saturated heterocycles. The quantitative estimate of drug-likeness (QED) is 0.557. The number of hydrogen-bond acceptors (Lipinski definition) is 5. The zero-order chi connectivity index (χ0) is 21.8. The lowest BCUT2D eigenvalue weighted by Gasteiger charge is -2.39. The van der Waals surface area contributed by atoms with Crippen molar-refractivity contribution in [2.24, 2.45) is 5.73 Å². The molecule has 0 unspecified atom stereocenters. The van der Waals surface area contributed by atoms with Gasteiger partial charge in [0, 0.05) is 30.6 Å². The number of amides is 3. The summed E-state index contributed by atoms with van der Waals surface area (Å²) in [4.78, 5) is 42.8. The minimum Gasteiger partial charge on any atom is -0.366 e. The van der Waals surface area contributed by atoms with Crippen LogP contribution in [-0.4, -0.2) is 44.3 Å². The van der Waals surface area contributed by atoms with Crippen molar-refractivity contribution in [3.05, 3.63) is 77.9 Å². The summed E-state index contributed by atoms with van der Waals surface area (Å²) < 4.78 is 0. The Morgan fingerprint density at radius 2 is 1.90 bits per heavy atom. The number of carbonyl (C=O) groups excluding carboxylic acids is 3. The zero-order valence-electron chi connectivity index (χ0n) is 16.7. The van der Waals surface area contributed by atoms with Gasteiger partial charge in [-0.3, -0.25) is 24.5 Å². The number of hydrogen-bond donors (Lipinski definition) is 3. The van der Waals surface area contributed by atoms with Crippen LogP contribution in [0.25, 0.3) is 0 Å². The normalized spacial score (nSPS) is 18.4. The van der Waals surface area contributed by atoms with Gasteiger partial charge in [0.2, 0.25) is 5.91 Å². The topological polar surface area (TPSA) is 134 Å². The van der Waals surface area contributed by atoms with Crippen LogP contribution in [0.5, 0.6) is 0 Å². The molecular weight excluding hydrogens is 396 g/mol. The maximum atomic E-state index is 13.2. The van der Waals surface area contributed by atoms with Crippen LogP contribution in [0.3, 0.4) is 0 Å². The molecule has 9 heteroatoms. The van der Waals surface area contributed by atoms with Crippen LogP contribution in [0.15, 0.2) is 61.1 Å². The lowest BCUT2D eigenvalue weighted by atomic mass is 9.87. The Hall–Kier alpha value is -4.01. The Morgan fingerprint density at radius 1 is 1.10 bits per heavy atom. The fraction of sp³-hybridized carbons (Fsp3) is 0.227. The minimum atomic E-state index is -0.797. The molecule has 0 spiro atoms. The van der Waals surface area contributed by atoms with Crippen molar-refractivity contribution < 1.29 is 14.4 Å². The third-order valence-corrected chi connectivity index (χ3v) is 5.46. The van der Waals surface area contributed by atoms with Crippen LogP contribution < -0.4 is 11.1 Å². The number of aromatic nitrogens is 3. The van der Waals surface area contributed by atoms with Gasteiger partial charge < -0.3 is 16.0 Å². The summed E-state index contributed by atoms with van der Waals surface area (Å²) in [5, 5.41) is 9.51. The van der Waals surface area contributed by atoms with Gasteiger partial charge in [0.1, 0.15) is 0 Å². The molecule has 9 nitrogen and oxygen atoms in total. The number of benzene rings is 1. The highest BCUT2D eigenvalue weighted by atomic mass is 16.2. The zero-order valence-corrected chi connectivity index (χ0v) is 16.7. The molecule has 0 aliphatic carbocycles. The summed E-state index contributed by atoms with van der Waals surface area (Å²) >= 11 is 0. The predicted octanol–water partition coefficient (Wildman–Crippen LogP) is 1.99. The van der Waals surface area contributed by atoms with Crippen LogP contribution >= 0.6 is 0 Å². The van der Waals surface area contributed by atoms with Gasteiger partial charge in [-0.1, -0.05) is 30.3 Å². The molecule has 0 bridgehead atoms. The fourth-order valence-corrected chi connectivity index (χ4v) is 3.92. The predicted molar refractivity (Wildman–Crippen MR) is 113 cm³/mol. The number of nitrogens with zero attached hydrogens (tertiary/aromatic N) is 3. The third kappa shape index (κ3) is 4.45. The first-order chi connectivity index (χ1) is 15.0. The van der Waals surface area contributed by atoms with E-state index >= 15 is 0 Å². The number of H-pyrrole nitrogens is 1. The third-order valence-electron chi connectivity index (χ3n) is 5.46. The molecule has 2 atom stereocenters. The molecule has 0 saturated carbocycles. The van der Waals surface area contributed by atoms with E-state index in [1.54, 1.807) is 11.1 Å². The Balaban J connectivity index is 1.57. The second-order valence-corrected chi connectivity index (χ2v) is 7.45. The molecular formula is C22H22N6O3. The number of anilines is 1. The van der Waals surface area contributed by atoms with E-state index in [1.165, 1.54) is 18.5 Å². The number of rotatable bonds is 4. The van der Waals surface area contributed by atoms with E-state index in [0.29, 0.717) is 13.0 Å². The van der Waals surface area contributed by atoms with E-state index in [0.717, 1.165) is 17.7 Å². The largest absolute Gasteiger partial charge is 0.366 e. The SMILES string of the molecule is NC(=O)c1cncc(NC(=O)C(=O)N2C[C@@H](c3ccn[nH]3)CC[C@@H]2c2ccccc2)c1. The first-order valence-electron chi connectivity index (χ1n) is 9.94. The van der Waals surface area contributed by atoms with E-state index in [9.17, 15) is 14.4 Å². The smallest absolute Gasteiger partial charge is 0.313 e. The molecule has 3 amide bonds. The molecule has 4 rings (SSSR count). The average Bonchev–Trinajstić information content (AvgIpc) is 3.34. The molecule has 1 aliphatic heterocycles. The Labute approximate surface area is 178 Å². The molecule has 3 aromatic rings. The van der Waals surface area contributed by atoms with E-state index in [2.05, 4.69) is 20.5 Å². The van der Waals surface area contributed by atoms with E-state index in [1.807, 2.05) is 36.4 Å². The van der Waals surface area contributed by atoms with Gasteiger partial charge in [0.25, 0.3) is 0 Å². The van der Waals surface area contributed by atoms with Gasteiger partial charge in [0.15, 0.2) is 0 Å². The first-order valence-corrected chi connectivity index (χ1v) is 9.94. The van der Waals surface area contributed by atoms with Crippen LogP contribution in [0.2, 0.25) is 0 Å². The van der Waals surface area contributed by atoms with E-state index in [-0.39, 0.29) is 23.2 Å². The highest BCUT2D eigenvalue weighted by Crippen LogP contribution is 2.37. The number of primary amides is 1. The van der Waals surface area contributed by atoms with Crippen LogP contribution in [-0.2, 0) is 9.59 Å². The molecule has 2 aromatic heterocycles. The highest BCUT2D eigenvalue weighted by molar-refractivity contribution is 6.39. The summed E-state index contributed by atoms with van der Waals surface area (Å²) in [5.41, 5.74) is 7.54. The Morgan fingerprint density at radius 3 is 2.61 bits per heavy atom. The second-order valence-electron chi connectivity index (χ2n) is 7.45. The summed E-state index contributed by atoms with van der Waals surface area (Å²) in [6.45, 7) is 0.383. The van der Waals surface area contributed by atoms with Gasteiger partial charge in [-0.25, -0.2) is 0 Å². The van der Waals surface area contributed by atoms with Crippen molar-refractivity contribution in [3.8, 4) is 0 Å². The Bertz CT molecular complexity index is 1080. The van der Waals surface area contributed by atoms with Crippen LogP contribution in [0, 0.1) is 0 Å². The number of pyridine rings is 1. The van der Waals surface area contributed by atoms with Crippen molar-refractivity contribution in [1.29, 1.82) is 0 Å². The van der Waals surface area contributed by atoms with E-state index in [4.69, 9.17) is 5.73 Å². The molecule has 0 radical (unpaired) electrons. The number of aromatic amines is 1. The van der Waals surface area contributed by atoms with Gasteiger partial charge in [-0.2, -0.15) is 5.10 Å². The van der Waals surface area contributed by atoms with Crippen molar-refractivity contribution in [1.82, 2.24) is 20.1 Å². The van der Waals surface area contributed by atoms with Crippen LogP contribution in [0.4, 0.5) is 5.69 Å². The maximum absolute atomic E-state index is 13.2. The molecule has 31 heavy (non-hydrogen) atoms. The number of likely N-dealkylation sites (tertiary alicyclic amines) is 1. The summed E-state index contributed by atoms with van der Waals surface area (Å²) in [6, 6.07) is 12.7. The van der Waals surface area contributed by atoms with Gasteiger partial charge in [0.05, 0.1) is 23.5 Å². The van der Waals surface area contributed by atoms with E-state index < -0.39 is 17.7 Å². The molecule has 158 valence electrons. The van der Waals surface area contributed by atoms with Gasteiger partial charge >= 0.3 is 11.8 Å². The molecule has 1 fully saturated rings. The molecule has 3 heterocycles. The molecule has 4 N–H and O–H groups in total. The first kappa shape index (κ1) is 20.3. The average molecular weight is 418 g/mol. The fourth-order valence-electron chi connectivity index (χ4n) is 3.92. The highest BCUT2D eigenvalue weighted by Gasteiger charge is 2.36. The minimum absolute atomic E-state index is 0.0547. The van der Waals surface area contributed by atoms with Crippen molar-refractivity contribution in [3.63, 3.8) is 0 Å². The lowest BCUT2D eigenvalue weighted by Crippen LogP contribution is -2.46. The lowest BCUT2D eigenvalue weighted by molar-refractivity contribution is -0.146.